The number of hydrogen-bond acceptors (Lipinski definition) is 5. The zero-order valence-electron chi connectivity index (χ0n) is 12.1. The van der Waals surface area contributed by atoms with E-state index in [1.807, 2.05) is 0 Å². The molecule has 0 aliphatic carbocycles. The number of benzene rings is 1. The summed E-state index contributed by atoms with van der Waals surface area (Å²) in [6.45, 7) is 0. The Kier molecular flexibility index (Phi) is 4.46. The molecule has 0 aliphatic heterocycles. The molecule has 10 heteroatoms. The normalized spacial score (nSPS) is 11.7. The Hall–Kier alpha value is -2.13. The summed E-state index contributed by atoms with van der Waals surface area (Å²) in [6, 6.07) is 9.21. The molecule has 0 unspecified atom stereocenters. The quantitative estimate of drug-likeness (QED) is 0.694. The van der Waals surface area contributed by atoms with Gasteiger partial charge in [-0.25, -0.2) is 0 Å². The maximum Gasteiger partial charge on any atom is 0.435 e. The fourth-order valence-electron chi connectivity index (χ4n) is 1.87. The van der Waals surface area contributed by atoms with Crippen LogP contribution in [-0.2, 0) is 13.2 Å². The second-order valence-electron chi connectivity index (χ2n) is 4.73. The molecule has 0 N–H and O–H groups in total. The van der Waals surface area contributed by atoms with Crippen LogP contribution in [0.3, 0.4) is 0 Å². The molecule has 0 radical (unpaired) electrons. The highest BCUT2D eigenvalue weighted by atomic mass is 35.5. The number of alkyl halides is 3. The van der Waals surface area contributed by atoms with Gasteiger partial charge in [-0.2, -0.15) is 13.2 Å². The van der Waals surface area contributed by atoms with Gasteiger partial charge in [0.15, 0.2) is 16.7 Å². The van der Waals surface area contributed by atoms with Gasteiger partial charge in [-0.3, -0.25) is 0 Å². The van der Waals surface area contributed by atoms with Gasteiger partial charge in [-0.1, -0.05) is 11.6 Å². The van der Waals surface area contributed by atoms with Crippen LogP contribution in [0.25, 0.3) is 11.4 Å². The standard InChI is InChI=1S/C14H9ClF3N5S/c1-23-12(8-2-4-9(15)5-3-8)21-22-13(23)24-11-7-6-10(19-20-11)14(16,17)18/h2-7H,1H3. The lowest BCUT2D eigenvalue weighted by Gasteiger charge is -2.05. The minimum atomic E-state index is -4.51. The van der Waals surface area contributed by atoms with Crippen molar-refractivity contribution in [3.63, 3.8) is 0 Å². The zero-order chi connectivity index (χ0) is 17.3. The van der Waals surface area contributed by atoms with E-state index in [2.05, 4.69) is 20.4 Å². The number of hydrogen-bond donors (Lipinski definition) is 0. The van der Waals surface area contributed by atoms with Crippen LogP contribution in [0.15, 0.2) is 46.6 Å². The number of rotatable bonds is 3. The molecule has 3 aromatic rings. The van der Waals surface area contributed by atoms with Gasteiger partial charge in [0.05, 0.1) is 0 Å². The van der Waals surface area contributed by atoms with Crippen molar-refractivity contribution in [3.8, 4) is 11.4 Å². The Morgan fingerprint density at radius 1 is 0.958 bits per heavy atom. The molecule has 0 bridgehead atoms. The van der Waals surface area contributed by atoms with E-state index in [9.17, 15) is 13.2 Å². The SMILES string of the molecule is Cn1c(Sc2ccc(C(F)(F)F)nn2)nnc1-c1ccc(Cl)cc1. The van der Waals surface area contributed by atoms with Gasteiger partial charge in [0, 0.05) is 17.6 Å². The Bertz CT molecular complexity index is 846. The van der Waals surface area contributed by atoms with E-state index in [0.717, 1.165) is 23.4 Å². The van der Waals surface area contributed by atoms with E-state index in [1.165, 1.54) is 6.07 Å². The highest BCUT2D eigenvalue weighted by Crippen LogP contribution is 2.30. The highest BCUT2D eigenvalue weighted by molar-refractivity contribution is 7.99. The first-order chi connectivity index (χ1) is 11.3. The summed E-state index contributed by atoms with van der Waals surface area (Å²) < 4.78 is 39.2. The molecular formula is C14H9ClF3N5S. The second-order valence-corrected chi connectivity index (χ2v) is 6.15. The topological polar surface area (TPSA) is 56.5 Å². The van der Waals surface area contributed by atoms with E-state index in [1.54, 1.807) is 35.9 Å². The summed E-state index contributed by atoms with van der Waals surface area (Å²) in [7, 11) is 1.75. The second kappa shape index (κ2) is 6.40. The minimum Gasteiger partial charge on any atom is -0.305 e. The third-order valence-electron chi connectivity index (χ3n) is 3.06. The largest absolute Gasteiger partial charge is 0.435 e. The van der Waals surface area contributed by atoms with Crippen LogP contribution in [0, 0.1) is 0 Å². The number of nitrogens with zero attached hydrogens (tertiary/aromatic N) is 5. The van der Waals surface area contributed by atoms with Crippen LogP contribution in [0.2, 0.25) is 5.02 Å². The average molecular weight is 372 g/mol. The van der Waals surface area contributed by atoms with Gasteiger partial charge < -0.3 is 4.57 Å². The summed E-state index contributed by atoms with van der Waals surface area (Å²) in [4.78, 5) is 0. The lowest BCUT2D eigenvalue weighted by molar-refractivity contribution is -0.141. The monoisotopic (exact) mass is 371 g/mol. The predicted octanol–water partition coefficient (Wildman–Crippen LogP) is 4.10. The Morgan fingerprint density at radius 3 is 2.25 bits per heavy atom. The van der Waals surface area contributed by atoms with Crippen LogP contribution in [-0.4, -0.2) is 25.0 Å². The van der Waals surface area contributed by atoms with E-state index < -0.39 is 11.9 Å². The first-order valence-corrected chi connectivity index (χ1v) is 7.78. The van der Waals surface area contributed by atoms with Crippen molar-refractivity contribution in [2.24, 2.45) is 7.05 Å². The highest BCUT2D eigenvalue weighted by Gasteiger charge is 2.32. The molecule has 0 saturated heterocycles. The predicted molar refractivity (Wildman–Crippen MR) is 82.6 cm³/mol. The first kappa shape index (κ1) is 16.7. The molecule has 0 aliphatic rings. The number of halogens is 4. The summed E-state index contributed by atoms with van der Waals surface area (Å²) in [6.07, 6.45) is -4.51. The van der Waals surface area contributed by atoms with Gasteiger partial charge in [0.2, 0.25) is 0 Å². The smallest absolute Gasteiger partial charge is 0.305 e. The molecule has 2 heterocycles. The minimum absolute atomic E-state index is 0.293. The lowest BCUT2D eigenvalue weighted by Crippen LogP contribution is -2.08. The molecule has 1 aromatic carbocycles. The van der Waals surface area contributed by atoms with Crippen LogP contribution in [0.5, 0.6) is 0 Å². The van der Waals surface area contributed by atoms with Crippen LogP contribution in [0.1, 0.15) is 5.69 Å². The maximum atomic E-state index is 12.5. The van der Waals surface area contributed by atoms with Gasteiger partial charge in [0.25, 0.3) is 0 Å². The fraction of sp³-hybridized carbons (Fsp3) is 0.143. The molecule has 0 saturated carbocycles. The molecule has 5 nitrogen and oxygen atoms in total. The molecule has 24 heavy (non-hydrogen) atoms. The van der Waals surface area contributed by atoms with Crippen LogP contribution in [0.4, 0.5) is 13.2 Å². The van der Waals surface area contributed by atoms with Crippen molar-refractivity contribution in [1.82, 2.24) is 25.0 Å². The van der Waals surface area contributed by atoms with E-state index in [0.29, 0.717) is 21.0 Å². The molecule has 0 fully saturated rings. The van der Waals surface area contributed by atoms with E-state index in [4.69, 9.17) is 11.6 Å². The van der Waals surface area contributed by atoms with Gasteiger partial charge in [-0.15, -0.1) is 20.4 Å². The summed E-state index contributed by atoms with van der Waals surface area (Å²) >= 11 is 6.93. The van der Waals surface area contributed by atoms with Crippen molar-refractivity contribution in [1.29, 1.82) is 0 Å². The third-order valence-corrected chi connectivity index (χ3v) is 4.28. The van der Waals surface area contributed by atoms with Crippen molar-refractivity contribution in [2.45, 2.75) is 16.4 Å². The van der Waals surface area contributed by atoms with Crippen molar-refractivity contribution in [3.05, 3.63) is 47.1 Å². The molecule has 0 spiro atoms. The maximum absolute atomic E-state index is 12.5. The Balaban J connectivity index is 1.83. The van der Waals surface area contributed by atoms with Gasteiger partial charge >= 0.3 is 6.18 Å². The Morgan fingerprint density at radius 2 is 1.67 bits per heavy atom. The molecule has 124 valence electrons. The molecule has 3 rings (SSSR count). The van der Waals surface area contributed by atoms with Crippen molar-refractivity contribution < 1.29 is 13.2 Å². The summed E-state index contributed by atoms with van der Waals surface area (Å²) in [5.41, 5.74) is -0.216. The first-order valence-electron chi connectivity index (χ1n) is 6.59. The van der Waals surface area contributed by atoms with Crippen molar-refractivity contribution in [2.75, 3.05) is 0 Å². The molecule has 2 aromatic heterocycles. The van der Waals surface area contributed by atoms with Crippen LogP contribution >= 0.6 is 23.4 Å². The molecule has 0 amide bonds. The average Bonchev–Trinajstić information content (AvgIpc) is 2.89. The zero-order valence-corrected chi connectivity index (χ0v) is 13.7. The van der Waals surface area contributed by atoms with E-state index in [-0.39, 0.29) is 0 Å². The summed E-state index contributed by atoms with van der Waals surface area (Å²) in [5.74, 6) is 0.606. The fourth-order valence-corrected chi connectivity index (χ4v) is 2.71. The van der Waals surface area contributed by atoms with E-state index >= 15 is 0 Å². The molecule has 0 atom stereocenters. The molecular weight excluding hydrogens is 363 g/mol. The number of aromatic nitrogens is 5. The van der Waals surface area contributed by atoms with Crippen LogP contribution < -0.4 is 0 Å². The summed E-state index contributed by atoms with van der Waals surface area (Å²) in [5, 5.41) is 16.3. The Labute approximate surface area is 143 Å². The third kappa shape index (κ3) is 3.51. The van der Waals surface area contributed by atoms with Gasteiger partial charge in [-0.05, 0) is 48.2 Å². The van der Waals surface area contributed by atoms with Crippen molar-refractivity contribution >= 4 is 23.4 Å². The lowest BCUT2D eigenvalue weighted by atomic mass is 10.2. The van der Waals surface area contributed by atoms with Gasteiger partial charge in [0.1, 0.15) is 5.03 Å².